The third-order valence-electron chi connectivity index (χ3n) is 6.53. The summed E-state index contributed by atoms with van der Waals surface area (Å²) in [7, 11) is 6.38. The molecule has 2 atom stereocenters. The minimum Gasteiger partial charge on any atom is -1.00 e. The van der Waals surface area contributed by atoms with Gasteiger partial charge >= 0.3 is 0 Å². The van der Waals surface area contributed by atoms with Gasteiger partial charge in [0.1, 0.15) is 0 Å². The minimum atomic E-state index is -0.000113. The number of quaternary nitrogens is 1. The first-order chi connectivity index (χ1) is 15.8. The van der Waals surface area contributed by atoms with E-state index in [-0.39, 0.29) is 18.3 Å². The van der Waals surface area contributed by atoms with Gasteiger partial charge < -0.3 is 32.4 Å². The number of rotatable bonds is 8. The average molecular weight is 481 g/mol. The van der Waals surface area contributed by atoms with Crippen LogP contribution in [0, 0.1) is 0 Å². The molecule has 0 saturated carbocycles. The monoisotopic (exact) mass is 480 g/mol. The fraction of sp³-hybridized carbons (Fsp3) is 0.393. The largest absolute Gasteiger partial charge is 1.00 e. The van der Waals surface area contributed by atoms with E-state index in [9.17, 15) is 4.79 Å². The van der Waals surface area contributed by atoms with Crippen molar-refractivity contribution in [2.45, 2.75) is 25.4 Å². The molecule has 1 saturated heterocycles. The van der Waals surface area contributed by atoms with Crippen LogP contribution in [0.4, 0.5) is 5.69 Å². The first-order valence-corrected chi connectivity index (χ1v) is 12.0. The molecule has 6 heteroatoms. The van der Waals surface area contributed by atoms with E-state index in [1.807, 2.05) is 12.1 Å². The first kappa shape index (κ1) is 26.0. The lowest BCUT2D eigenvalue weighted by Gasteiger charge is -2.24. The maximum absolute atomic E-state index is 12.4. The summed E-state index contributed by atoms with van der Waals surface area (Å²) in [6, 6.07) is 23.9. The van der Waals surface area contributed by atoms with Crippen molar-refractivity contribution in [3.63, 3.8) is 0 Å². The number of nitrogens with one attached hydrogen (secondary N) is 2. The number of hydrogen-bond acceptors (Lipinski definition) is 3. The smallest absolute Gasteiger partial charge is 0.251 e. The van der Waals surface area contributed by atoms with Crippen LogP contribution in [-0.2, 0) is 0 Å². The van der Waals surface area contributed by atoms with Crippen molar-refractivity contribution < 1.29 is 21.7 Å². The van der Waals surface area contributed by atoms with Gasteiger partial charge in [-0.3, -0.25) is 4.79 Å². The summed E-state index contributed by atoms with van der Waals surface area (Å²) in [5, 5.41) is 9.48. The highest BCUT2D eigenvalue weighted by molar-refractivity contribution is 5.94. The molecule has 1 aliphatic heterocycles. The topological polar surface area (TPSA) is 44.4 Å². The number of benzene rings is 3. The number of likely N-dealkylation sites (N-methyl/N-ethyl adjacent to an activating group) is 1. The second kappa shape index (κ2) is 11.2. The molecule has 0 spiro atoms. The molecule has 0 unspecified atom stereocenters. The molecule has 182 valence electrons. The summed E-state index contributed by atoms with van der Waals surface area (Å²) >= 11 is 0. The maximum Gasteiger partial charge on any atom is 0.251 e. The van der Waals surface area contributed by atoms with Crippen LogP contribution in [0.15, 0.2) is 66.7 Å². The summed E-state index contributed by atoms with van der Waals surface area (Å²) in [5.74, 6) is -0.000113. The standard InChI is InChI=1S/C28H36N4O.ClH/c1-21(26-11-7-9-22-8-5-6-10-27(22)26)30-24-16-18-31(20-24)25-14-12-23(13-15-25)28(33)29-17-19-32(2,3)4;/h5-15,21,24,30H,16-20H2,1-4H3;1H/t21-,24+;/m1./s1. The molecule has 3 aromatic carbocycles. The van der Waals surface area contributed by atoms with Crippen LogP contribution in [0.5, 0.6) is 0 Å². The Hall–Kier alpha value is -2.60. The Labute approximate surface area is 210 Å². The van der Waals surface area contributed by atoms with Crippen LogP contribution in [0.2, 0.25) is 0 Å². The molecule has 1 amide bonds. The predicted octanol–water partition coefficient (Wildman–Crippen LogP) is 1.21. The number of nitrogens with zero attached hydrogens (tertiary/aromatic N) is 2. The number of anilines is 1. The zero-order valence-corrected chi connectivity index (χ0v) is 21.5. The summed E-state index contributed by atoms with van der Waals surface area (Å²) in [6.07, 6.45) is 1.11. The van der Waals surface area contributed by atoms with Gasteiger partial charge in [0.15, 0.2) is 0 Å². The summed E-state index contributed by atoms with van der Waals surface area (Å²) in [5.41, 5.74) is 3.26. The zero-order chi connectivity index (χ0) is 23.4. The number of hydrogen-bond donors (Lipinski definition) is 2. The van der Waals surface area contributed by atoms with Crippen LogP contribution in [0.3, 0.4) is 0 Å². The van der Waals surface area contributed by atoms with Gasteiger partial charge in [-0.2, -0.15) is 0 Å². The highest BCUT2D eigenvalue weighted by atomic mass is 35.5. The molecule has 5 nitrogen and oxygen atoms in total. The van der Waals surface area contributed by atoms with E-state index in [1.165, 1.54) is 22.0 Å². The van der Waals surface area contributed by atoms with Gasteiger partial charge in [-0.15, -0.1) is 0 Å². The van der Waals surface area contributed by atoms with Gasteiger partial charge in [0.05, 0.1) is 34.2 Å². The van der Waals surface area contributed by atoms with Crippen LogP contribution in [0.25, 0.3) is 10.8 Å². The molecule has 1 fully saturated rings. The van der Waals surface area contributed by atoms with E-state index in [0.717, 1.165) is 36.1 Å². The van der Waals surface area contributed by atoms with E-state index < -0.39 is 0 Å². The molecule has 0 bridgehead atoms. The number of carbonyl (C=O) groups is 1. The quantitative estimate of drug-likeness (QED) is 0.476. The van der Waals surface area contributed by atoms with Crippen molar-refractivity contribution in [2.75, 3.05) is 52.2 Å². The second-order valence-electron chi connectivity index (χ2n) is 10.2. The SMILES string of the molecule is C[C@@H](N[C@H]1CCN(c2ccc(C(=O)NCC[N+](C)(C)C)cc2)C1)c1cccc2ccccc12.[Cl-]. The third kappa shape index (κ3) is 6.50. The van der Waals surface area contributed by atoms with E-state index in [0.29, 0.717) is 18.6 Å². The fourth-order valence-corrected chi connectivity index (χ4v) is 4.63. The summed E-state index contributed by atoms with van der Waals surface area (Å²) < 4.78 is 0.836. The van der Waals surface area contributed by atoms with E-state index in [2.05, 4.69) is 98.2 Å². The Morgan fingerprint density at radius 2 is 1.74 bits per heavy atom. The fourth-order valence-electron chi connectivity index (χ4n) is 4.63. The van der Waals surface area contributed by atoms with Crippen molar-refractivity contribution in [3.8, 4) is 0 Å². The van der Waals surface area contributed by atoms with Crippen LogP contribution in [0.1, 0.15) is 35.3 Å². The van der Waals surface area contributed by atoms with Gasteiger partial charge in [0.2, 0.25) is 0 Å². The van der Waals surface area contributed by atoms with Crippen LogP contribution < -0.4 is 27.9 Å². The first-order valence-electron chi connectivity index (χ1n) is 12.0. The highest BCUT2D eigenvalue weighted by Crippen LogP contribution is 2.27. The molecule has 0 radical (unpaired) electrons. The summed E-state index contributed by atoms with van der Waals surface area (Å²) in [6.45, 7) is 5.84. The maximum atomic E-state index is 12.4. The molecule has 4 rings (SSSR count). The lowest BCUT2D eigenvalue weighted by Crippen LogP contribution is -3.00. The van der Waals surface area contributed by atoms with E-state index in [1.54, 1.807) is 0 Å². The van der Waals surface area contributed by atoms with E-state index in [4.69, 9.17) is 0 Å². The normalized spacial score (nSPS) is 16.8. The Bertz CT molecular complexity index is 1090. The van der Waals surface area contributed by atoms with Crippen LogP contribution in [-0.4, -0.2) is 63.8 Å². The molecule has 3 aromatic rings. The van der Waals surface area contributed by atoms with Gasteiger partial charge in [0, 0.05) is 36.4 Å². The predicted molar refractivity (Wildman–Crippen MR) is 138 cm³/mol. The molecule has 1 heterocycles. The van der Waals surface area contributed by atoms with Gasteiger partial charge in [-0.05, 0) is 53.9 Å². The second-order valence-corrected chi connectivity index (χ2v) is 10.2. The van der Waals surface area contributed by atoms with Gasteiger partial charge in [-0.25, -0.2) is 0 Å². The minimum absolute atomic E-state index is 0. The molecule has 2 N–H and O–H groups in total. The number of fused-ring (bicyclic) bond motifs is 1. The molecule has 1 aliphatic rings. The van der Waals surface area contributed by atoms with Crippen molar-refractivity contribution in [3.05, 3.63) is 77.9 Å². The van der Waals surface area contributed by atoms with Gasteiger partial charge in [-0.1, -0.05) is 42.5 Å². The zero-order valence-electron chi connectivity index (χ0n) is 20.7. The lowest BCUT2D eigenvalue weighted by molar-refractivity contribution is -0.869. The summed E-state index contributed by atoms with van der Waals surface area (Å²) in [4.78, 5) is 14.8. The highest BCUT2D eigenvalue weighted by Gasteiger charge is 2.24. The van der Waals surface area contributed by atoms with Crippen molar-refractivity contribution >= 4 is 22.4 Å². The van der Waals surface area contributed by atoms with E-state index >= 15 is 0 Å². The number of halogens is 1. The number of carbonyl (C=O) groups excluding carboxylic acids is 1. The Morgan fingerprint density at radius 3 is 2.47 bits per heavy atom. The molecular weight excluding hydrogens is 444 g/mol. The lowest BCUT2D eigenvalue weighted by atomic mass is 9.99. The van der Waals surface area contributed by atoms with Crippen molar-refractivity contribution in [2.24, 2.45) is 0 Å². The Kier molecular flexibility index (Phi) is 8.58. The molecule has 0 aromatic heterocycles. The number of amides is 1. The molecular formula is C28H37ClN4O. The van der Waals surface area contributed by atoms with Crippen molar-refractivity contribution in [1.29, 1.82) is 0 Å². The van der Waals surface area contributed by atoms with Gasteiger partial charge in [0.25, 0.3) is 5.91 Å². The Balaban J connectivity index is 0.00000324. The average Bonchev–Trinajstić information content (AvgIpc) is 3.26. The van der Waals surface area contributed by atoms with Crippen LogP contribution >= 0.6 is 0 Å². The third-order valence-corrected chi connectivity index (χ3v) is 6.53. The Morgan fingerprint density at radius 1 is 1.03 bits per heavy atom. The van der Waals surface area contributed by atoms with Crippen molar-refractivity contribution in [1.82, 2.24) is 10.6 Å². The molecule has 34 heavy (non-hydrogen) atoms. The molecule has 0 aliphatic carbocycles.